The van der Waals surface area contributed by atoms with E-state index in [0.717, 1.165) is 5.56 Å². The number of nitrogens with one attached hydrogen (secondary N) is 2. The Hall–Kier alpha value is -3.48. The molecule has 0 fully saturated rings. The van der Waals surface area contributed by atoms with Gasteiger partial charge in [0.1, 0.15) is 11.6 Å². The van der Waals surface area contributed by atoms with Crippen molar-refractivity contribution >= 4 is 11.5 Å². The second-order valence-corrected chi connectivity index (χ2v) is 6.28. The average molecular weight is 363 g/mol. The Labute approximate surface area is 154 Å². The van der Waals surface area contributed by atoms with Gasteiger partial charge in [-0.25, -0.2) is 9.37 Å². The quantitative estimate of drug-likeness (QED) is 0.571. The van der Waals surface area contributed by atoms with Gasteiger partial charge in [0.25, 0.3) is 11.3 Å². The first kappa shape index (κ1) is 17.0. The molecule has 2 aromatic carbocycles. The molecule has 0 saturated carbocycles. The van der Waals surface area contributed by atoms with Gasteiger partial charge in [0.05, 0.1) is 17.9 Å². The molecule has 7 heteroatoms. The van der Waals surface area contributed by atoms with Gasteiger partial charge >= 0.3 is 0 Å². The SMILES string of the molecule is Cc1nc2nc(CNc3ccccc3F)[nH]n2c(=O)c1Cc1ccccc1. The van der Waals surface area contributed by atoms with Gasteiger partial charge in [-0.05, 0) is 24.6 Å². The normalized spacial score (nSPS) is 11.0. The predicted octanol–water partition coefficient (Wildman–Crippen LogP) is 3.07. The van der Waals surface area contributed by atoms with E-state index in [1.165, 1.54) is 10.6 Å². The maximum atomic E-state index is 13.7. The number of hydrogen-bond acceptors (Lipinski definition) is 4. The standard InChI is InChI=1S/C20H18FN5O/c1-13-15(11-14-7-3-2-4-8-14)19(27)26-20(23-13)24-18(25-26)12-22-17-10-6-5-9-16(17)21/h2-10,22H,11-12H2,1H3,(H,23,24,25). The van der Waals surface area contributed by atoms with Crippen LogP contribution in [0.1, 0.15) is 22.6 Å². The number of aromatic nitrogens is 4. The molecule has 2 aromatic heterocycles. The van der Waals surface area contributed by atoms with Crippen molar-refractivity contribution in [2.45, 2.75) is 19.9 Å². The molecular formula is C20H18FN5O. The molecule has 0 amide bonds. The molecule has 0 atom stereocenters. The minimum Gasteiger partial charge on any atom is -0.375 e. The van der Waals surface area contributed by atoms with E-state index in [1.54, 1.807) is 18.2 Å². The van der Waals surface area contributed by atoms with E-state index in [2.05, 4.69) is 20.4 Å². The molecule has 4 aromatic rings. The summed E-state index contributed by atoms with van der Waals surface area (Å²) in [6.07, 6.45) is 0.503. The lowest BCUT2D eigenvalue weighted by atomic mass is 10.1. The number of benzene rings is 2. The number of anilines is 1. The van der Waals surface area contributed by atoms with E-state index in [4.69, 9.17) is 0 Å². The summed E-state index contributed by atoms with van der Waals surface area (Å²) in [5.41, 5.74) is 2.52. The molecule has 136 valence electrons. The van der Waals surface area contributed by atoms with Crippen molar-refractivity contribution in [2.24, 2.45) is 0 Å². The lowest BCUT2D eigenvalue weighted by molar-refractivity contribution is 0.629. The number of para-hydroxylation sites is 1. The monoisotopic (exact) mass is 363 g/mol. The third-order valence-corrected chi connectivity index (χ3v) is 4.39. The van der Waals surface area contributed by atoms with Crippen LogP contribution in [0, 0.1) is 12.7 Å². The van der Waals surface area contributed by atoms with Gasteiger partial charge in [0, 0.05) is 12.0 Å². The number of halogens is 1. The van der Waals surface area contributed by atoms with Crippen LogP contribution in [-0.2, 0) is 13.0 Å². The van der Waals surface area contributed by atoms with Crippen molar-refractivity contribution in [3.8, 4) is 0 Å². The van der Waals surface area contributed by atoms with Crippen LogP contribution in [0.4, 0.5) is 10.1 Å². The Morgan fingerprint density at radius 1 is 1.07 bits per heavy atom. The molecule has 6 nitrogen and oxygen atoms in total. The molecule has 2 heterocycles. The second-order valence-electron chi connectivity index (χ2n) is 6.28. The van der Waals surface area contributed by atoms with Crippen LogP contribution in [0.25, 0.3) is 5.78 Å². The summed E-state index contributed by atoms with van der Waals surface area (Å²) in [6, 6.07) is 16.2. The van der Waals surface area contributed by atoms with Gasteiger partial charge in [0.15, 0.2) is 0 Å². The fourth-order valence-corrected chi connectivity index (χ4v) is 2.96. The number of rotatable bonds is 5. The van der Waals surface area contributed by atoms with E-state index in [-0.39, 0.29) is 17.9 Å². The third kappa shape index (κ3) is 3.44. The summed E-state index contributed by atoms with van der Waals surface area (Å²) in [6.45, 7) is 2.06. The zero-order valence-electron chi connectivity index (χ0n) is 14.7. The summed E-state index contributed by atoms with van der Waals surface area (Å²) in [4.78, 5) is 21.6. The predicted molar refractivity (Wildman–Crippen MR) is 101 cm³/mol. The Morgan fingerprint density at radius 3 is 2.59 bits per heavy atom. The lowest BCUT2D eigenvalue weighted by Gasteiger charge is -2.05. The van der Waals surface area contributed by atoms with Gasteiger partial charge in [-0.1, -0.05) is 42.5 Å². The zero-order chi connectivity index (χ0) is 18.8. The summed E-state index contributed by atoms with van der Waals surface area (Å²) in [5, 5.41) is 5.92. The van der Waals surface area contributed by atoms with Gasteiger partial charge < -0.3 is 5.32 Å². The van der Waals surface area contributed by atoms with Crippen molar-refractivity contribution in [3.63, 3.8) is 0 Å². The Bertz CT molecular complexity index is 1150. The molecule has 0 aliphatic rings. The first-order chi connectivity index (χ1) is 13.1. The number of nitrogens with zero attached hydrogens (tertiary/aromatic N) is 3. The fourth-order valence-electron chi connectivity index (χ4n) is 2.96. The molecule has 0 radical (unpaired) electrons. The van der Waals surface area contributed by atoms with E-state index >= 15 is 0 Å². The largest absolute Gasteiger partial charge is 0.375 e. The minimum atomic E-state index is -0.343. The first-order valence-corrected chi connectivity index (χ1v) is 8.61. The highest BCUT2D eigenvalue weighted by atomic mass is 19.1. The molecule has 0 unspecified atom stereocenters. The van der Waals surface area contributed by atoms with Crippen LogP contribution < -0.4 is 10.9 Å². The maximum Gasteiger partial charge on any atom is 0.277 e. The molecule has 27 heavy (non-hydrogen) atoms. The van der Waals surface area contributed by atoms with Crippen LogP contribution in [0.15, 0.2) is 59.4 Å². The Morgan fingerprint density at radius 2 is 1.81 bits per heavy atom. The first-order valence-electron chi connectivity index (χ1n) is 8.61. The fraction of sp³-hybridized carbons (Fsp3) is 0.150. The Kier molecular flexibility index (Phi) is 4.42. The summed E-state index contributed by atoms with van der Waals surface area (Å²) in [5.74, 6) is 0.462. The van der Waals surface area contributed by atoms with Crippen LogP contribution in [0.5, 0.6) is 0 Å². The average Bonchev–Trinajstić information content (AvgIpc) is 3.08. The number of hydrogen-bond donors (Lipinski definition) is 2. The van der Waals surface area contributed by atoms with Crippen molar-refractivity contribution in [1.82, 2.24) is 19.6 Å². The third-order valence-electron chi connectivity index (χ3n) is 4.39. The molecule has 0 saturated heterocycles. The van der Waals surface area contributed by atoms with Crippen LogP contribution >= 0.6 is 0 Å². The summed E-state index contributed by atoms with van der Waals surface area (Å²) in [7, 11) is 0. The highest BCUT2D eigenvalue weighted by Gasteiger charge is 2.14. The Balaban J connectivity index is 1.63. The van der Waals surface area contributed by atoms with E-state index in [9.17, 15) is 9.18 Å². The van der Waals surface area contributed by atoms with Crippen molar-refractivity contribution < 1.29 is 4.39 Å². The molecule has 0 spiro atoms. The highest BCUT2D eigenvalue weighted by Crippen LogP contribution is 2.14. The summed E-state index contributed by atoms with van der Waals surface area (Å²) < 4.78 is 15.1. The molecular weight excluding hydrogens is 345 g/mol. The van der Waals surface area contributed by atoms with Gasteiger partial charge in [-0.15, -0.1) is 0 Å². The number of H-pyrrole nitrogens is 1. The minimum absolute atomic E-state index is 0.175. The van der Waals surface area contributed by atoms with Crippen molar-refractivity contribution in [1.29, 1.82) is 0 Å². The number of fused-ring (bicyclic) bond motifs is 1. The van der Waals surface area contributed by atoms with Crippen molar-refractivity contribution in [3.05, 3.63) is 93.4 Å². The lowest BCUT2D eigenvalue weighted by Crippen LogP contribution is -2.22. The van der Waals surface area contributed by atoms with E-state index < -0.39 is 0 Å². The molecule has 2 N–H and O–H groups in total. The highest BCUT2D eigenvalue weighted by molar-refractivity contribution is 5.44. The smallest absolute Gasteiger partial charge is 0.277 e. The number of aryl methyl sites for hydroxylation is 1. The summed E-state index contributed by atoms with van der Waals surface area (Å²) >= 11 is 0. The van der Waals surface area contributed by atoms with Crippen LogP contribution in [0.3, 0.4) is 0 Å². The molecule has 0 bridgehead atoms. The molecule has 0 aliphatic heterocycles. The second kappa shape index (κ2) is 7.03. The molecule has 0 aliphatic carbocycles. The number of aromatic amines is 1. The topological polar surface area (TPSA) is 75.1 Å². The molecule has 4 rings (SSSR count). The van der Waals surface area contributed by atoms with E-state index in [0.29, 0.717) is 35.0 Å². The van der Waals surface area contributed by atoms with Crippen molar-refractivity contribution in [2.75, 3.05) is 5.32 Å². The van der Waals surface area contributed by atoms with Crippen LogP contribution in [0.2, 0.25) is 0 Å². The van der Waals surface area contributed by atoms with Gasteiger partial charge in [-0.2, -0.15) is 9.50 Å². The van der Waals surface area contributed by atoms with E-state index in [1.807, 2.05) is 37.3 Å². The van der Waals surface area contributed by atoms with Gasteiger partial charge in [0.2, 0.25) is 0 Å². The maximum absolute atomic E-state index is 13.7. The van der Waals surface area contributed by atoms with Gasteiger partial charge in [-0.3, -0.25) is 9.89 Å². The zero-order valence-corrected chi connectivity index (χ0v) is 14.7. The van der Waals surface area contributed by atoms with Crippen LogP contribution in [-0.4, -0.2) is 19.6 Å².